The number of aromatic nitrogens is 1. The summed E-state index contributed by atoms with van der Waals surface area (Å²) in [4.78, 5) is 23.6. The number of carbonyl (C=O) groups is 1. The van der Waals surface area contributed by atoms with Crippen LogP contribution in [0.2, 0.25) is 0 Å². The van der Waals surface area contributed by atoms with Crippen molar-refractivity contribution in [3.05, 3.63) is 75.8 Å². The molecule has 0 saturated carbocycles. The van der Waals surface area contributed by atoms with E-state index < -0.39 is 0 Å². The molecule has 1 atom stereocenters. The second kappa shape index (κ2) is 10.6. The summed E-state index contributed by atoms with van der Waals surface area (Å²) in [7, 11) is 2.11. The van der Waals surface area contributed by atoms with Gasteiger partial charge in [-0.05, 0) is 68.2 Å². The molecule has 1 saturated heterocycles. The fraction of sp³-hybridized carbons (Fsp3) is 0.370. The molecule has 1 aromatic heterocycles. The number of nitriles is 1. The van der Waals surface area contributed by atoms with Gasteiger partial charge in [-0.15, -0.1) is 11.3 Å². The van der Waals surface area contributed by atoms with Crippen LogP contribution in [-0.4, -0.2) is 54.0 Å². The average molecular weight is 487 g/mol. The predicted octanol–water partition coefficient (Wildman–Crippen LogP) is 4.50. The van der Waals surface area contributed by atoms with Gasteiger partial charge < -0.3 is 10.2 Å². The summed E-state index contributed by atoms with van der Waals surface area (Å²) < 4.78 is 0. The fourth-order valence-corrected chi connectivity index (χ4v) is 5.94. The van der Waals surface area contributed by atoms with Crippen molar-refractivity contribution in [1.82, 2.24) is 14.8 Å². The second-order valence-electron chi connectivity index (χ2n) is 9.40. The van der Waals surface area contributed by atoms with Crippen LogP contribution < -0.4 is 10.6 Å². The number of thiazole rings is 1. The summed E-state index contributed by atoms with van der Waals surface area (Å²) in [6.07, 6.45) is 3.16. The number of hydrogen-bond acceptors (Lipinski definition) is 7. The molecule has 2 aliphatic rings. The number of carbonyl (C=O) groups excluding carboxylic acids is 1. The van der Waals surface area contributed by atoms with Crippen molar-refractivity contribution in [3.8, 4) is 6.07 Å². The van der Waals surface area contributed by atoms with Gasteiger partial charge in [-0.1, -0.05) is 18.2 Å². The van der Waals surface area contributed by atoms with Crippen LogP contribution >= 0.6 is 11.3 Å². The zero-order valence-electron chi connectivity index (χ0n) is 20.0. The second-order valence-corrected chi connectivity index (χ2v) is 10.5. The van der Waals surface area contributed by atoms with Crippen LogP contribution in [0.5, 0.6) is 0 Å². The van der Waals surface area contributed by atoms with Crippen molar-refractivity contribution in [2.75, 3.05) is 44.0 Å². The number of fused-ring (bicyclic) bond motifs is 1. The van der Waals surface area contributed by atoms with Crippen molar-refractivity contribution in [2.24, 2.45) is 0 Å². The molecular weight excluding hydrogens is 456 g/mol. The van der Waals surface area contributed by atoms with E-state index >= 15 is 0 Å². The van der Waals surface area contributed by atoms with E-state index in [1.165, 1.54) is 10.4 Å². The molecule has 2 aromatic carbocycles. The maximum atomic E-state index is 13.0. The largest absolute Gasteiger partial charge is 0.372 e. The lowest BCUT2D eigenvalue weighted by molar-refractivity contribution is 0.102. The van der Waals surface area contributed by atoms with E-state index in [2.05, 4.69) is 44.6 Å². The summed E-state index contributed by atoms with van der Waals surface area (Å²) in [6, 6.07) is 17.8. The Balaban J connectivity index is 1.21. The van der Waals surface area contributed by atoms with E-state index in [0.29, 0.717) is 22.2 Å². The summed E-state index contributed by atoms with van der Waals surface area (Å²) in [6.45, 7) is 4.60. The number of hydrogen-bond donors (Lipinski definition) is 2. The molecule has 1 amide bonds. The molecule has 3 heterocycles. The number of likely N-dealkylation sites (tertiary alicyclic amines) is 1. The van der Waals surface area contributed by atoms with E-state index in [1.807, 2.05) is 42.5 Å². The third-order valence-electron chi connectivity index (χ3n) is 6.77. The van der Waals surface area contributed by atoms with Crippen molar-refractivity contribution in [2.45, 2.75) is 31.7 Å². The quantitative estimate of drug-likeness (QED) is 0.534. The van der Waals surface area contributed by atoms with Crippen LogP contribution in [0.3, 0.4) is 0 Å². The molecule has 2 N–H and O–H groups in total. The Labute approximate surface area is 210 Å². The Morgan fingerprint density at radius 3 is 3.00 bits per heavy atom. The highest BCUT2D eigenvalue weighted by atomic mass is 32.1. The predicted molar refractivity (Wildman–Crippen MR) is 140 cm³/mol. The van der Waals surface area contributed by atoms with Gasteiger partial charge in [0.1, 0.15) is 0 Å². The molecule has 5 rings (SSSR count). The van der Waals surface area contributed by atoms with Gasteiger partial charge in [-0.3, -0.25) is 15.0 Å². The SMILES string of the molecule is CN1CCc2nc(NC(=O)c3cccc(C4CCCN(CNc5cccc(C#N)c5)C4)c3)sc2C1. The Bertz CT molecular complexity index is 1250. The first kappa shape index (κ1) is 23.5. The topological polar surface area (TPSA) is 84.3 Å². The molecular formula is C27H30N6OS. The molecule has 0 radical (unpaired) electrons. The average Bonchev–Trinajstić information content (AvgIpc) is 3.29. The zero-order valence-corrected chi connectivity index (χ0v) is 20.8. The zero-order chi connectivity index (χ0) is 24.2. The first-order chi connectivity index (χ1) is 17.1. The van der Waals surface area contributed by atoms with Gasteiger partial charge in [0.2, 0.25) is 0 Å². The lowest BCUT2D eigenvalue weighted by atomic mass is 9.90. The molecule has 7 nitrogen and oxygen atoms in total. The summed E-state index contributed by atoms with van der Waals surface area (Å²) in [5.41, 5.74) is 4.62. The highest BCUT2D eigenvalue weighted by molar-refractivity contribution is 7.15. The Hall–Kier alpha value is -3.25. The lowest BCUT2D eigenvalue weighted by Gasteiger charge is -2.33. The Kier molecular flexibility index (Phi) is 7.09. The van der Waals surface area contributed by atoms with Gasteiger partial charge in [0.15, 0.2) is 5.13 Å². The lowest BCUT2D eigenvalue weighted by Crippen LogP contribution is -2.37. The maximum Gasteiger partial charge on any atom is 0.257 e. The first-order valence-electron chi connectivity index (χ1n) is 12.1. The summed E-state index contributed by atoms with van der Waals surface area (Å²) in [5, 5.41) is 16.3. The normalized spacial score (nSPS) is 18.5. The number of nitrogens with one attached hydrogen (secondary N) is 2. The Morgan fingerprint density at radius 1 is 1.23 bits per heavy atom. The van der Waals surface area contributed by atoms with Gasteiger partial charge in [-0.25, -0.2) is 4.98 Å². The van der Waals surface area contributed by atoms with Crippen molar-refractivity contribution >= 4 is 28.1 Å². The minimum absolute atomic E-state index is 0.0991. The van der Waals surface area contributed by atoms with E-state index in [-0.39, 0.29) is 5.91 Å². The third kappa shape index (κ3) is 5.70. The number of nitrogens with zero attached hydrogens (tertiary/aromatic N) is 4. The molecule has 8 heteroatoms. The van der Waals surface area contributed by atoms with Crippen LogP contribution in [0.1, 0.15) is 50.8 Å². The van der Waals surface area contributed by atoms with Crippen molar-refractivity contribution in [3.63, 3.8) is 0 Å². The van der Waals surface area contributed by atoms with Gasteiger partial charge in [0.25, 0.3) is 5.91 Å². The monoisotopic (exact) mass is 486 g/mol. The van der Waals surface area contributed by atoms with Crippen LogP contribution in [0, 0.1) is 11.3 Å². The van der Waals surface area contributed by atoms with Gasteiger partial charge >= 0.3 is 0 Å². The number of benzene rings is 2. The van der Waals surface area contributed by atoms with Crippen LogP contribution in [0.4, 0.5) is 10.8 Å². The molecule has 2 aliphatic heterocycles. The van der Waals surface area contributed by atoms with Crippen LogP contribution in [-0.2, 0) is 13.0 Å². The number of piperidine rings is 1. The standard InChI is InChI=1S/C27H30N6OS/c1-32-12-10-24-25(17-32)35-27(30-24)31-26(34)21-7-3-6-20(14-21)22-8-4-11-33(16-22)18-29-23-9-2-5-19(13-23)15-28/h2-3,5-7,9,13-14,22,29H,4,8,10-12,16-18H2,1H3,(H,30,31,34). The van der Waals surface area contributed by atoms with Gasteiger partial charge in [0, 0.05) is 42.2 Å². The molecule has 0 spiro atoms. The molecule has 0 aliphatic carbocycles. The number of amides is 1. The molecule has 1 fully saturated rings. The highest BCUT2D eigenvalue weighted by Crippen LogP contribution is 2.30. The first-order valence-corrected chi connectivity index (χ1v) is 12.9. The summed E-state index contributed by atoms with van der Waals surface area (Å²) in [5.74, 6) is 0.282. The number of rotatable bonds is 6. The van der Waals surface area contributed by atoms with E-state index in [0.717, 1.165) is 63.5 Å². The number of likely N-dealkylation sites (N-methyl/N-ethyl adjacent to an activating group) is 1. The van der Waals surface area contributed by atoms with E-state index in [9.17, 15) is 4.79 Å². The van der Waals surface area contributed by atoms with E-state index in [4.69, 9.17) is 5.26 Å². The minimum Gasteiger partial charge on any atom is -0.372 e. The van der Waals surface area contributed by atoms with Crippen molar-refractivity contribution in [1.29, 1.82) is 5.26 Å². The third-order valence-corrected chi connectivity index (χ3v) is 7.76. The Morgan fingerprint density at radius 2 is 2.11 bits per heavy atom. The highest BCUT2D eigenvalue weighted by Gasteiger charge is 2.23. The van der Waals surface area contributed by atoms with E-state index in [1.54, 1.807) is 11.3 Å². The minimum atomic E-state index is -0.0991. The molecule has 180 valence electrons. The molecule has 3 aromatic rings. The van der Waals surface area contributed by atoms with Crippen LogP contribution in [0.15, 0.2) is 48.5 Å². The van der Waals surface area contributed by atoms with Crippen LogP contribution in [0.25, 0.3) is 0 Å². The van der Waals surface area contributed by atoms with Gasteiger partial charge in [0.05, 0.1) is 24.0 Å². The molecule has 35 heavy (non-hydrogen) atoms. The fourth-order valence-electron chi connectivity index (χ4n) is 4.85. The smallest absolute Gasteiger partial charge is 0.257 e. The molecule has 1 unspecified atom stereocenters. The number of anilines is 2. The maximum absolute atomic E-state index is 13.0. The summed E-state index contributed by atoms with van der Waals surface area (Å²) >= 11 is 1.58. The van der Waals surface area contributed by atoms with Crippen molar-refractivity contribution < 1.29 is 4.79 Å². The molecule has 0 bridgehead atoms. The van der Waals surface area contributed by atoms with Gasteiger partial charge in [-0.2, -0.15) is 5.26 Å².